The highest BCUT2D eigenvalue weighted by molar-refractivity contribution is 8.01. The quantitative estimate of drug-likeness (QED) is 0.877. The Balaban J connectivity index is 2.19. The van der Waals surface area contributed by atoms with Crippen molar-refractivity contribution in [2.24, 2.45) is 0 Å². The fraction of sp³-hybridized carbons (Fsp3) is 0.417. The monoisotopic (exact) mass is 237 g/mol. The summed E-state index contributed by atoms with van der Waals surface area (Å²) in [5, 5.41) is 8.76. The number of nitrogens with zero attached hydrogens (tertiary/aromatic N) is 1. The van der Waals surface area contributed by atoms with E-state index in [-0.39, 0.29) is 11.3 Å². The first-order valence-corrected chi connectivity index (χ1v) is 6.08. The summed E-state index contributed by atoms with van der Waals surface area (Å²) in [5.74, 6) is -0.730. The predicted molar refractivity (Wildman–Crippen MR) is 66.0 cm³/mol. The molecule has 1 aromatic rings. The molecule has 1 aromatic carbocycles. The van der Waals surface area contributed by atoms with Crippen molar-refractivity contribution in [3.63, 3.8) is 0 Å². The van der Waals surface area contributed by atoms with E-state index in [2.05, 4.69) is 24.0 Å². The van der Waals surface area contributed by atoms with E-state index in [1.165, 1.54) is 10.6 Å². The standard InChI is InChI=1S/C12H15NO2S/c1-12(8-7-11(14)15)13(2)9-5-3-4-6-10(9)16-12/h3-6H,7-8H2,1-2H3,(H,14,15). The van der Waals surface area contributed by atoms with Gasteiger partial charge in [-0.1, -0.05) is 23.9 Å². The number of hydrogen-bond donors (Lipinski definition) is 1. The second-order valence-electron chi connectivity index (χ2n) is 4.20. The summed E-state index contributed by atoms with van der Waals surface area (Å²) in [4.78, 5) is 13.9. The molecule has 1 unspecified atom stereocenters. The molecule has 1 heterocycles. The van der Waals surface area contributed by atoms with E-state index in [1.807, 2.05) is 19.2 Å². The number of hydrogen-bond acceptors (Lipinski definition) is 3. The van der Waals surface area contributed by atoms with Crippen LogP contribution in [0.2, 0.25) is 0 Å². The third-order valence-electron chi connectivity index (χ3n) is 3.07. The smallest absolute Gasteiger partial charge is 0.303 e. The maximum absolute atomic E-state index is 10.7. The van der Waals surface area contributed by atoms with Gasteiger partial charge < -0.3 is 10.0 Å². The Kier molecular flexibility index (Phi) is 2.84. The number of aliphatic carboxylic acids is 1. The number of carbonyl (C=O) groups is 1. The Morgan fingerprint density at radius 1 is 1.50 bits per heavy atom. The number of carboxylic acids is 1. The van der Waals surface area contributed by atoms with Gasteiger partial charge in [0.1, 0.15) is 0 Å². The lowest BCUT2D eigenvalue weighted by Crippen LogP contribution is -2.37. The molecule has 0 saturated heterocycles. The predicted octanol–water partition coefficient (Wildman–Crippen LogP) is 2.81. The maximum atomic E-state index is 10.7. The van der Waals surface area contributed by atoms with Gasteiger partial charge in [0.25, 0.3) is 0 Å². The van der Waals surface area contributed by atoms with Crippen LogP contribution in [-0.4, -0.2) is 23.0 Å². The molecule has 0 aromatic heterocycles. The highest BCUT2D eigenvalue weighted by Crippen LogP contribution is 2.50. The molecule has 16 heavy (non-hydrogen) atoms. The van der Waals surface area contributed by atoms with Crippen LogP contribution in [0, 0.1) is 0 Å². The highest BCUT2D eigenvalue weighted by atomic mass is 32.2. The average molecular weight is 237 g/mol. The van der Waals surface area contributed by atoms with Gasteiger partial charge in [0.15, 0.2) is 0 Å². The second kappa shape index (κ2) is 4.01. The van der Waals surface area contributed by atoms with Gasteiger partial charge in [0.2, 0.25) is 0 Å². The molecule has 0 saturated carbocycles. The van der Waals surface area contributed by atoms with Crippen LogP contribution in [-0.2, 0) is 4.79 Å². The van der Waals surface area contributed by atoms with Crippen LogP contribution in [0.15, 0.2) is 29.2 Å². The molecule has 1 atom stereocenters. The van der Waals surface area contributed by atoms with Crippen molar-refractivity contribution in [3.05, 3.63) is 24.3 Å². The van der Waals surface area contributed by atoms with Gasteiger partial charge >= 0.3 is 5.97 Å². The number of para-hydroxylation sites is 1. The Morgan fingerprint density at radius 3 is 2.81 bits per heavy atom. The zero-order valence-electron chi connectivity index (χ0n) is 9.43. The summed E-state index contributed by atoms with van der Waals surface area (Å²) < 4.78 is 0. The van der Waals surface area contributed by atoms with Crippen molar-refractivity contribution < 1.29 is 9.90 Å². The van der Waals surface area contributed by atoms with Crippen molar-refractivity contribution in [3.8, 4) is 0 Å². The molecular weight excluding hydrogens is 222 g/mol. The van der Waals surface area contributed by atoms with Crippen molar-refractivity contribution >= 4 is 23.4 Å². The largest absolute Gasteiger partial charge is 0.481 e. The maximum Gasteiger partial charge on any atom is 0.303 e. The average Bonchev–Trinajstić information content (AvgIpc) is 2.50. The van der Waals surface area contributed by atoms with Crippen LogP contribution in [0.3, 0.4) is 0 Å². The molecule has 0 spiro atoms. The molecule has 0 fully saturated rings. The van der Waals surface area contributed by atoms with Crippen molar-refractivity contribution in [1.82, 2.24) is 0 Å². The number of anilines is 1. The van der Waals surface area contributed by atoms with Gasteiger partial charge in [-0.05, 0) is 25.5 Å². The number of rotatable bonds is 3. The summed E-state index contributed by atoms with van der Waals surface area (Å²) in [6.07, 6.45) is 0.861. The molecule has 1 N–H and O–H groups in total. The molecule has 0 aliphatic carbocycles. The summed E-state index contributed by atoms with van der Waals surface area (Å²) >= 11 is 1.75. The molecule has 86 valence electrons. The van der Waals surface area contributed by atoms with Crippen LogP contribution in [0.5, 0.6) is 0 Å². The zero-order valence-corrected chi connectivity index (χ0v) is 10.3. The molecule has 1 aliphatic rings. The van der Waals surface area contributed by atoms with Gasteiger partial charge in [-0.3, -0.25) is 4.79 Å². The number of carboxylic acid groups (broad SMARTS) is 1. The molecule has 4 heteroatoms. The lowest BCUT2D eigenvalue weighted by molar-refractivity contribution is -0.137. The summed E-state index contributed by atoms with van der Waals surface area (Å²) in [6, 6.07) is 8.19. The van der Waals surface area contributed by atoms with E-state index in [0.717, 1.165) is 0 Å². The fourth-order valence-corrected chi connectivity index (χ4v) is 3.31. The summed E-state index contributed by atoms with van der Waals surface area (Å²) in [7, 11) is 2.03. The van der Waals surface area contributed by atoms with Gasteiger partial charge in [-0.2, -0.15) is 0 Å². The second-order valence-corrected chi connectivity index (χ2v) is 5.72. The SMILES string of the molecule is CN1c2ccccc2SC1(C)CCC(=O)O. The Hall–Kier alpha value is -1.16. The van der Waals surface area contributed by atoms with Crippen molar-refractivity contribution in [2.45, 2.75) is 29.5 Å². The van der Waals surface area contributed by atoms with Crippen molar-refractivity contribution in [1.29, 1.82) is 0 Å². The van der Waals surface area contributed by atoms with Crippen LogP contribution in [0.1, 0.15) is 19.8 Å². The number of benzene rings is 1. The molecular formula is C12H15NO2S. The van der Waals surface area contributed by atoms with E-state index < -0.39 is 5.97 Å². The Bertz CT molecular complexity index is 421. The van der Waals surface area contributed by atoms with E-state index in [9.17, 15) is 4.79 Å². The molecule has 0 bridgehead atoms. The van der Waals surface area contributed by atoms with E-state index >= 15 is 0 Å². The lowest BCUT2D eigenvalue weighted by atomic mass is 10.1. The molecule has 3 nitrogen and oxygen atoms in total. The third-order valence-corrected chi connectivity index (χ3v) is 4.55. The lowest BCUT2D eigenvalue weighted by Gasteiger charge is -2.32. The fourth-order valence-electron chi connectivity index (χ4n) is 1.94. The minimum Gasteiger partial charge on any atom is -0.481 e. The van der Waals surface area contributed by atoms with Gasteiger partial charge in [-0.25, -0.2) is 0 Å². The number of thioether (sulfide) groups is 1. The first-order chi connectivity index (χ1) is 7.53. The molecule has 1 aliphatic heterocycles. The topological polar surface area (TPSA) is 40.5 Å². The summed E-state index contributed by atoms with van der Waals surface area (Å²) in [5.41, 5.74) is 1.19. The zero-order chi connectivity index (χ0) is 11.8. The summed E-state index contributed by atoms with van der Waals surface area (Å²) in [6.45, 7) is 2.10. The van der Waals surface area contributed by atoms with Crippen molar-refractivity contribution in [2.75, 3.05) is 11.9 Å². The number of fused-ring (bicyclic) bond motifs is 1. The first-order valence-electron chi connectivity index (χ1n) is 5.26. The normalized spacial score (nSPS) is 23.2. The Morgan fingerprint density at radius 2 is 2.19 bits per heavy atom. The van der Waals surface area contributed by atoms with Crippen LogP contribution in [0.4, 0.5) is 5.69 Å². The minimum absolute atomic E-state index is 0.137. The van der Waals surface area contributed by atoms with Gasteiger partial charge in [0, 0.05) is 18.4 Å². The first kappa shape index (κ1) is 11.3. The van der Waals surface area contributed by atoms with E-state index in [0.29, 0.717) is 6.42 Å². The molecule has 0 radical (unpaired) electrons. The van der Waals surface area contributed by atoms with Crippen LogP contribution in [0.25, 0.3) is 0 Å². The molecule has 2 rings (SSSR count). The van der Waals surface area contributed by atoms with E-state index in [4.69, 9.17) is 5.11 Å². The molecule has 0 amide bonds. The van der Waals surface area contributed by atoms with Gasteiger partial charge in [0.05, 0.1) is 10.6 Å². The third kappa shape index (κ3) is 1.89. The van der Waals surface area contributed by atoms with Gasteiger partial charge in [-0.15, -0.1) is 0 Å². The Labute approximate surface area is 99.5 Å². The van der Waals surface area contributed by atoms with E-state index in [1.54, 1.807) is 11.8 Å². The minimum atomic E-state index is -0.730. The van der Waals surface area contributed by atoms with Crippen LogP contribution >= 0.6 is 11.8 Å². The highest BCUT2D eigenvalue weighted by Gasteiger charge is 2.38. The van der Waals surface area contributed by atoms with Crippen LogP contribution < -0.4 is 4.90 Å².